The third-order valence-corrected chi connectivity index (χ3v) is 4.74. The number of rotatable bonds is 3. The van der Waals surface area contributed by atoms with Gasteiger partial charge in [-0.15, -0.1) is 0 Å². The minimum absolute atomic E-state index is 0.698. The van der Waals surface area contributed by atoms with Crippen molar-refractivity contribution in [3.8, 4) is 0 Å². The Bertz CT molecular complexity index is 560. The van der Waals surface area contributed by atoms with Gasteiger partial charge in [-0.1, -0.05) is 62.6 Å². The van der Waals surface area contributed by atoms with Crippen molar-refractivity contribution in [2.45, 2.75) is 51.6 Å². The molecule has 2 atom stereocenters. The molecule has 3 rings (SSSR count). The summed E-state index contributed by atoms with van der Waals surface area (Å²) in [6.07, 6.45) is 6.94. The fourth-order valence-corrected chi connectivity index (χ4v) is 3.39. The van der Waals surface area contributed by atoms with E-state index in [2.05, 4.69) is 54.7 Å². The van der Waals surface area contributed by atoms with Gasteiger partial charge in [0.1, 0.15) is 0 Å². The van der Waals surface area contributed by atoms with E-state index in [1.165, 1.54) is 48.4 Å². The van der Waals surface area contributed by atoms with Crippen LogP contribution in [0.5, 0.6) is 0 Å². The van der Waals surface area contributed by atoms with Crippen molar-refractivity contribution in [1.29, 1.82) is 0 Å². The first-order chi connectivity index (χ1) is 9.83. The van der Waals surface area contributed by atoms with Gasteiger partial charge in [0.15, 0.2) is 0 Å². The second-order valence-electron chi connectivity index (χ2n) is 6.28. The van der Waals surface area contributed by atoms with Crippen LogP contribution in [0.15, 0.2) is 42.5 Å². The lowest BCUT2D eigenvalue weighted by atomic mass is 9.96. The Kier molecular flexibility index (Phi) is 4.37. The highest BCUT2D eigenvalue weighted by Gasteiger charge is 2.18. The Hall–Kier alpha value is -1.34. The van der Waals surface area contributed by atoms with Gasteiger partial charge in [-0.3, -0.25) is 0 Å². The molecule has 0 bridgehead atoms. The van der Waals surface area contributed by atoms with Gasteiger partial charge < -0.3 is 5.32 Å². The lowest BCUT2D eigenvalue weighted by molar-refractivity contribution is 0.356. The van der Waals surface area contributed by atoms with Crippen LogP contribution in [0, 0.1) is 5.92 Å². The summed E-state index contributed by atoms with van der Waals surface area (Å²) >= 11 is 0. The second-order valence-corrected chi connectivity index (χ2v) is 6.28. The van der Waals surface area contributed by atoms with E-state index in [0.717, 1.165) is 12.5 Å². The average Bonchev–Trinajstić information content (AvgIpc) is 2.69. The summed E-state index contributed by atoms with van der Waals surface area (Å²) in [5, 5.41) is 6.47. The molecule has 0 heterocycles. The van der Waals surface area contributed by atoms with Crippen LogP contribution in [0.2, 0.25) is 0 Å². The van der Waals surface area contributed by atoms with E-state index in [0.29, 0.717) is 6.04 Å². The predicted octanol–water partition coefficient (Wildman–Crippen LogP) is 4.90. The molecule has 106 valence electrons. The highest BCUT2D eigenvalue weighted by Crippen LogP contribution is 2.23. The van der Waals surface area contributed by atoms with Gasteiger partial charge in [0.25, 0.3) is 0 Å². The third kappa shape index (κ3) is 3.21. The highest BCUT2D eigenvalue weighted by molar-refractivity contribution is 5.82. The highest BCUT2D eigenvalue weighted by atomic mass is 14.9. The molecule has 1 fully saturated rings. The molecule has 20 heavy (non-hydrogen) atoms. The molecule has 1 aliphatic rings. The van der Waals surface area contributed by atoms with Crippen molar-refractivity contribution >= 4 is 10.8 Å². The van der Waals surface area contributed by atoms with E-state index in [4.69, 9.17) is 0 Å². The maximum absolute atomic E-state index is 3.79. The van der Waals surface area contributed by atoms with E-state index < -0.39 is 0 Å². The van der Waals surface area contributed by atoms with Crippen molar-refractivity contribution in [3.05, 3.63) is 48.0 Å². The fraction of sp³-hybridized carbons (Fsp3) is 0.474. The summed E-state index contributed by atoms with van der Waals surface area (Å²) < 4.78 is 0. The van der Waals surface area contributed by atoms with E-state index >= 15 is 0 Å². The molecule has 0 spiro atoms. The normalized spacial score (nSPS) is 23.6. The van der Waals surface area contributed by atoms with Crippen molar-refractivity contribution in [2.24, 2.45) is 5.92 Å². The van der Waals surface area contributed by atoms with Gasteiger partial charge in [0, 0.05) is 12.6 Å². The lowest BCUT2D eigenvalue weighted by Gasteiger charge is -2.23. The summed E-state index contributed by atoms with van der Waals surface area (Å²) in [5.74, 6) is 0.818. The van der Waals surface area contributed by atoms with Crippen LogP contribution in [-0.2, 0) is 6.54 Å². The van der Waals surface area contributed by atoms with Crippen LogP contribution in [0.4, 0.5) is 0 Å². The first kappa shape index (κ1) is 13.6. The van der Waals surface area contributed by atoms with Gasteiger partial charge in [-0.2, -0.15) is 0 Å². The molecule has 0 amide bonds. The predicted molar refractivity (Wildman–Crippen MR) is 86.8 cm³/mol. The topological polar surface area (TPSA) is 12.0 Å². The molecule has 0 aromatic heterocycles. The zero-order valence-electron chi connectivity index (χ0n) is 12.4. The van der Waals surface area contributed by atoms with Crippen molar-refractivity contribution in [3.63, 3.8) is 0 Å². The molecule has 1 saturated carbocycles. The van der Waals surface area contributed by atoms with Gasteiger partial charge in [0.05, 0.1) is 0 Å². The van der Waals surface area contributed by atoms with E-state index in [-0.39, 0.29) is 0 Å². The molecule has 1 aliphatic carbocycles. The number of benzene rings is 2. The third-order valence-electron chi connectivity index (χ3n) is 4.74. The number of fused-ring (bicyclic) bond motifs is 1. The summed E-state index contributed by atoms with van der Waals surface area (Å²) in [7, 11) is 0. The minimum atomic E-state index is 0.698. The largest absolute Gasteiger partial charge is 0.310 e. The van der Waals surface area contributed by atoms with E-state index in [1.54, 1.807) is 0 Å². The summed E-state index contributed by atoms with van der Waals surface area (Å²) in [4.78, 5) is 0. The Labute approximate surface area is 122 Å². The molecule has 2 aromatic carbocycles. The van der Waals surface area contributed by atoms with Gasteiger partial charge in [-0.25, -0.2) is 0 Å². The Morgan fingerprint density at radius 2 is 1.75 bits per heavy atom. The van der Waals surface area contributed by atoms with Crippen molar-refractivity contribution in [1.82, 2.24) is 5.32 Å². The first-order valence-electron chi connectivity index (χ1n) is 8.04. The van der Waals surface area contributed by atoms with Gasteiger partial charge in [0.2, 0.25) is 0 Å². The zero-order valence-corrected chi connectivity index (χ0v) is 12.4. The quantitative estimate of drug-likeness (QED) is 0.780. The SMILES string of the molecule is CC1CCCCCC1NCc1ccc2ccccc2c1. The maximum atomic E-state index is 3.79. The summed E-state index contributed by atoms with van der Waals surface area (Å²) in [6, 6.07) is 16.1. The van der Waals surface area contributed by atoms with Crippen LogP contribution >= 0.6 is 0 Å². The van der Waals surface area contributed by atoms with Crippen molar-refractivity contribution < 1.29 is 0 Å². The van der Waals surface area contributed by atoms with Crippen LogP contribution in [-0.4, -0.2) is 6.04 Å². The second kappa shape index (κ2) is 6.41. The monoisotopic (exact) mass is 267 g/mol. The first-order valence-corrected chi connectivity index (χ1v) is 8.04. The molecule has 2 aromatic rings. The molecular weight excluding hydrogens is 242 g/mol. The molecule has 2 unspecified atom stereocenters. The number of nitrogens with one attached hydrogen (secondary N) is 1. The zero-order chi connectivity index (χ0) is 13.8. The fourth-order valence-electron chi connectivity index (χ4n) is 3.39. The Morgan fingerprint density at radius 1 is 0.950 bits per heavy atom. The molecule has 1 nitrogen and oxygen atoms in total. The lowest BCUT2D eigenvalue weighted by Crippen LogP contribution is -2.33. The number of hydrogen-bond acceptors (Lipinski definition) is 1. The van der Waals surface area contributed by atoms with Gasteiger partial charge >= 0.3 is 0 Å². The van der Waals surface area contributed by atoms with E-state index in [9.17, 15) is 0 Å². The van der Waals surface area contributed by atoms with Crippen LogP contribution < -0.4 is 5.32 Å². The molecule has 0 radical (unpaired) electrons. The van der Waals surface area contributed by atoms with Crippen LogP contribution in [0.3, 0.4) is 0 Å². The molecular formula is C19H25N. The minimum Gasteiger partial charge on any atom is -0.310 e. The molecule has 0 aliphatic heterocycles. The van der Waals surface area contributed by atoms with Gasteiger partial charge in [-0.05, 0) is 41.2 Å². The van der Waals surface area contributed by atoms with Crippen LogP contribution in [0.25, 0.3) is 10.8 Å². The summed E-state index contributed by atoms with van der Waals surface area (Å²) in [6.45, 7) is 3.41. The van der Waals surface area contributed by atoms with Crippen LogP contribution in [0.1, 0.15) is 44.6 Å². The Balaban J connectivity index is 1.66. The van der Waals surface area contributed by atoms with E-state index in [1.807, 2.05) is 0 Å². The smallest absolute Gasteiger partial charge is 0.0208 e. The standard InChI is InChI=1S/C19H25N/c1-15-7-3-2-4-10-19(15)20-14-16-11-12-17-8-5-6-9-18(17)13-16/h5-6,8-9,11-13,15,19-20H,2-4,7,10,14H2,1H3. The van der Waals surface area contributed by atoms with Crippen molar-refractivity contribution in [2.75, 3.05) is 0 Å². The Morgan fingerprint density at radius 3 is 2.65 bits per heavy atom. The summed E-state index contributed by atoms with van der Waals surface area (Å²) in [5.41, 5.74) is 1.40. The number of hydrogen-bond donors (Lipinski definition) is 1. The molecule has 1 N–H and O–H groups in total. The average molecular weight is 267 g/mol. The maximum Gasteiger partial charge on any atom is 0.0208 e. The molecule has 1 heteroatoms. The molecule has 0 saturated heterocycles.